The first-order chi connectivity index (χ1) is 5.23. The van der Waals surface area contributed by atoms with Gasteiger partial charge in [0.1, 0.15) is 0 Å². The van der Waals surface area contributed by atoms with Gasteiger partial charge in [-0.2, -0.15) is 0 Å². The first-order valence-corrected chi connectivity index (χ1v) is 7.39. The normalized spacial score (nSPS) is 21.0. The maximum Gasteiger partial charge on any atom is 0.191 e. The lowest BCUT2D eigenvalue weighted by Gasteiger charge is -2.28. The average molecular weight is 172 g/mol. The van der Waals surface area contributed by atoms with E-state index in [1.807, 2.05) is 0 Å². The van der Waals surface area contributed by atoms with Crippen molar-refractivity contribution >= 4 is 8.32 Å². The third-order valence-corrected chi connectivity index (χ3v) is 7.89. The lowest BCUT2D eigenvalue weighted by molar-refractivity contribution is 0.499. The lowest BCUT2D eigenvalue weighted by Crippen LogP contribution is -2.37. The first kappa shape index (κ1) is 9.27. The second-order valence-corrected chi connectivity index (χ2v) is 8.23. The molecule has 0 bridgehead atoms. The van der Waals surface area contributed by atoms with Gasteiger partial charge >= 0.3 is 0 Å². The molecule has 0 heterocycles. The Morgan fingerprint density at radius 2 is 1.64 bits per heavy atom. The van der Waals surface area contributed by atoms with Crippen molar-refractivity contribution in [2.24, 2.45) is 0 Å². The van der Waals surface area contributed by atoms with Gasteiger partial charge in [0.25, 0.3) is 0 Å². The van der Waals surface area contributed by atoms with Crippen LogP contribution in [0.2, 0.25) is 17.6 Å². The molecule has 1 N–H and O–H groups in total. The largest absolute Gasteiger partial charge is 0.431 e. The van der Waals surface area contributed by atoms with Crippen molar-refractivity contribution in [2.45, 2.75) is 57.2 Å². The van der Waals surface area contributed by atoms with Crippen LogP contribution in [0.15, 0.2) is 0 Å². The topological polar surface area (TPSA) is 20.2 Å². The van der Waals surface area contributed by atoms with E-state index < -0.39 is 8.32 Å². The fourth-order valence-corrected chi connectivity index (χ4v) is 5.43. The van der Waals surface area contributed by atoms with Crippen molar-refractivity contribution in [3.63, 3.8) is 0 Å². The molecule has 1 nitrogen and oxygen atoms in total. The van der Waals surface area contributed by atoms with Crippen LogP contribution >= 0.6 is 0 Å². The molecule has 66 valence electrons. The molecule has 1 fully saturated rings. The molecule has 0 aliphatic heterocycles. The second-order valence-electron chi connectivity index (χ2n) is 3.79. The Balaban J connectivity index is 2.52. The van der Waals surface area contributed by atoms with Gasteiger partial charge in [0.15, 0.2) is 8.32 Å². The third kappa shape index (κ3) is 1.85. The Morgan fingerprint density at radius 3 is 2.00 bits per heavy atom. The summed E-state index contributed by atoms with van der Waals surface area (Å²) in [5, 5.41) is 0. The van der Waals surface area contributed by atoms with E-state index in [2.05, 4.69) is 13.8 Å². The molecule has 0 amide bonds. The molecule has 0 aromatic heterocycles. The summed E-state index contributed by atoms with van der Waals surface area (Å²) >= 11 is 0. The quantitative estimate of drug-likeness (QED) is 0.649. The van der Waals surface area contributed by atoms with E-state index in [1.165, 1.54) is 25.7 Å². The van der Waals surface area contributed by atoms with Crippen LogP contribution in [-0.2, 0) is 0 Å². The molecular formula is C9H20OSi. The van der Waals surface area contributed by atoms with E-state index in [4.69, 9.17) is 0 Å². The van der Waals surface area contributed by atoms with Crippen molar-refractivity contribution in [2.75, 3.05) is 0 Å². The summed E-state index contributed by atoms with van der Waals surface area (Å²) in [6.45, 7) is 4.32. The minimum Gasteiger partial charge on any atom is -0.431 e. The van der Waals surface area contributed by atoms with Gasteiger partial charge < -0.3 is 4.80 Å². The van der Waals surface area contributed by atoms with Crippen molar-refractivity contribution in [3.8, 4) is 0 Å². The highest BCUT2D eigenvalue weighted by atomic mass is 28.4. The van der Waals surface area contributed by atoms with Crippen LogP contribution in [0.5, 0.6) is 0 Å². The van der Waals surface area contributed by atoms with Gasteiger partial charge in [0.05, 0.1) is 0 Å². The summed E-state index contributed by atoms with van der Waals surface area (Å²) in [7, 11) is -1.76. The Labute approximate surface area is 71.0 Å². The van der Waals surface area contributed by atoms with Gasteiger partial charge in [0.2, 0.25) is 0 Å². The van der Waals surface area contributed by atoms with Gasteiger partial charge in [-0.1, -0.05) is 39.5 Å². The smallest absolute Gasteiger partial charge is 0.191 e. The molecule has 0 aromatic carbocycles. The highest BCUT2D eigenvalue weighted by Gasteiger charge is 2.37. The van der Waals surface area contributed by atoms with Crippen molar-refractivity contribution in [3.05, 3.63) is 0 Å². The second kappa shape index (κ2) is 3.72. The highest BCUT2D eigenvalue weighted by Crippen LogP contribution is 2.40. The van der Waals surface area contributed by atoms with Crippen LogP contribution < -0.4 is 0 Å². The van der Waals surface area contributed by atoms with Gasteiger partial charge in [-0.15, -0.1) is 0 Å². The summed E-state index contributed by atoms with van der Waals surface area (Å²) in [6.07, 6.45) is 5.34. The Morgan fingerprint density at radius 1 is 1.18 bits per heavy atom. The van der Waals surface area contributed by atoms with Gasteiger partial charge in [-0.05, 0) is 17.6 Å². The van der Waals surface area contributed by atoms with Gasteiger partial charge in [0, 0.05) is 0 Å². The minimum atomic E-state index is -1.76. The number of rotatable bonds is 3. The zero-order valence-electron chi connectivity index (χ0n) is 7.77. The van der Waals surface area contributed by atoms with E-state index in [1.54, 1.807) is 0 Å². The van der Waals surface area contributed by atoms with Crippen molar-refractivity contribution in [1.82, 2.24) is 0 Å². The fraction of sp³-hybridized carbons (Fsp3) is 1.00. The monoisotopic (exact) mass is 172 g/mol. The van der Waals surface area contributed by atoms with Crippen molar-refractivity contribution in [1.29, 1.82) is 0 Å². The predicted octanol–water partition coefficient (Wildman–Crippen LogP) is 2.91. The van der Waals surface area contributed by atoms with Crippen molar-refractivity contribution < 1.29 is 4.80 Å². The molecule has 1 saturated carbocycles. The molecule has 0 saturated heterocycles. The summed E-state index contributed by atoms with van der Waals surface area (Å²) < 4.78 is 0. The van der Waals surface area contributed by atoms with Crippen LogP contribution in [-0.4, -0.2) is 13.1 Å². The Hall–Kier alpha value is 0.177. The molecule has 0 radical (unpaired) electrons. The molecule has 0 aromatic rings. The average Bonchev–Trinajstić information content (AvgIpc) is 2.55. The number of hydrogen-bond acceptors (Lipinski definition) is 1. The molecule has 2 heteroatoms. The lowest BCUT2D eigenvalue weighted by atomic mass is 10.4. The summed E-state index contributed by atoms with van der Waals surface area (Å²) in [5.41, 5.74) is 0.734. The molecule has 0 unspecified atom stereocenters. The van der Waals surface area contributed by atoms with E-state index in [0.717, 1.165) is 17.6 Å². The van der Waals surface area contributed by atoms with Crippen LogP contribution in [0.25, 0.3) is 0 Å². The minimum absolute atomic E-state index is 0.734. The Bertz CT molecular complexity index is 115. The van der Waals surface area contributed by atoms with Crippen LogP contribution in [0, 0.1) is 0 Å². The molecule has 11 heavy (non-hydrogen) atoms. The molecule has 1 aliphatic rings. The van der Waals surface area contributed by atoms with Crippen LogP contribution in [0.3, 0.4) is 0 Å². The molecular weight excluding hydrogens is 152 g/mol. The van der Waals surface area contributed by atoms with Crippen LogP contribution in [0.1, 0.15) is 39.5 Å². The van der Waals surface area contributed by atoms with Crippen LogP contribution in [0.4, 0.5) is 0 Å². The maximum atomic E-state index is 10.3. The number of hydrogen-bond donors (Lipinski definition) is 1. The third-order valence-electron chi connectivity index (χ3n) is 3.34. The highest BCUT2D eigenvalue weighted by molar-refractivity contribution is 6.73. The van der Waals surface area contributed by atoms with E-state index in [9.17, 15) is 4.80 Å². The summed E-state index contributed by atoms with van der Waals surface area (Å²) in [5.74, 6) is 0. The summed E-state index contributed by atoms with van der Waals surface area (Å²) in [6, 6.07) is 2.13. The fourth-order valence-electron chi connectivity index (χ4n) is 2.29. The maximum absolute atomic E-state index is 10.3. The molecule has 0 atom stereocenters. The molecule has 0 spiro atoms. The SMILES string of the molecule is CC[Si](O)(CC)C1CCCC1. The molecule has 1 rings (SSSR count). The van der Waals surface area contributed by atoms with E-state index in [-0.39, 0.29) is 0 Å². The van der Waals surface area contributed by atoms with Gasteiger partial charge in [-0.3, -0.25) is 0 Å². The Kier molecular flexibility index (Phi) is 3.13. The van der Waals surface area contributed by atoms with E-state index >= 15 is 0 Å². The first-order valence-electron chi connectivity index (χ1n) is 4.95. The molecule has 1 aliphatic carbocycles. The standard InChI is InChI=1S/C9H20OSi/c1-3-11(10,4-2)9-7-5-6-8-9/h9-10H,3-8H2,1-2H3. The summed E-state index contributed by atoms with van der Waals surface area (Å²) in [4.78, 5) is 10.3. The van der Waals surface area contributed by atoms with E-state index in [0.29, 0.717) is 0 Å². The van der Waals surface area contributed by atoms with Gasteiger partial charge in [-0.25, -0.2) is 0 Å². The predicted molar refractivity (Wildman–Crippen MR) is 51.2 cm³/mol. The zero-order valence-corrected chi connectivity index (χ0v) is 8.77. The zero-order chi connectivity index (χ0) is 8.32.